The first-order chi connectivity index (χ1) is 65.1. The lowest BCUT2D eigenvalue weighted by Crippen LogP contribution is -2.17. The van der Waals surface area contributed by atoms with Gasteiger partial charge in [0.05, 0.1) is 0 Å². The average molecular weight is 1710 g/mol. The van der Waals surface area contributed by atoms with E-state index in [0.717, 1.165) is 132 Å². The van der Waals surface area contributed by atoms with Crippen molar-refractivity contribution in [3.05, 3.63) is 410 Å². The average Bonchev–Trinajstić information content (AvgIpc) is 1.56. The zero-order valence-corrected chi connectivity index (χ0v) is 73.4. The van der Waals surface area contributed by atoms with E-state index in [9.17, 15) is 0 Å². The Kier molecular flexibility index (Phi) is 18.0. The zero-order chi connectivity index (χ0) is 89.0. The fourth-order valence-electron chi connectivity index (χ4n) is 20.7. The van der Waals surface area contributed by atoms with Crippen molar-refractivity contribution in [1.29, 1.82) is 0 Å². The highest BCUT2D eigenvalue weighted by Gasteiger charge is 2.43. The zero-order valence-electron chi connectivity index (χ0n) is 73.4. The van der Waals surface area contributed by atoms with Gasteiger partial charge in [-0.1, -0.05) is 321 Å². The summed E-state index contributed by atoms with van der Waals surface area (Å²) >= 11 is 0. The fraction of sp³-hybridized carbons (Fsp3) is 0.0756. The maximum Gasteiger partial charge on any atom is 0.182 e. The third kappa shape index (κ3) is 13.0. The number of para-hydroxylation sites is 4. The first-order valence-electron chi connectivity index (χ1n) is 44.9. The number of aromatic nitrogens is 10. The second kappa shape index (κ2) is 30.5. The maximum atomic E-state index is 6.32. The van der Waals surface area contributed by atoms with Crippen LogP contribution < -0.4 is 0 Å². The van der Waals surface area contributed by atoms with Crippen LogP contribution in [0.2, 0.25) is 0 Å². The van der Waals surface area contributed by atoms with Gasteiger partial charge in [0.2, 0.25) is 0 Å². The van der Waals surface area contributed by atoms with Gasteiger partial charge >= 0.3 is 0 Å². The van der Waals surface area contributed by atoms with E-state index >= 15 is 0 Å². The SMILES string of the molecule is CC1(C)c2cc3c(cc2-c2cccc(-c4ccc(-c5nc(-c6ccccc6)nc(-c6ccccc6)n5)cc4)c21)oc1ccccc13.CC1(C)c2cc3c(cc2-c2cccc(-c4nc(-c5ccccc5)nc(-c5ccc6oc7ccccc7c6c5)n4)c21)oc1ccccc13.CC1(C)c2cc3c(cc2-c2cccc(-c4nc(-c5ccccc5)nc(-c5ccccn5)n4)c21)oc1ccccc13. The van der Waals surface area contributed by atoms with Crippen molar-refractivity contribution in [2.75, 3.05) is 0 Å². The third-order valence-corrected chi connectivity index (χ3v) is 27.0. The molecule has 3 aliphatic rings. The molecular weight excluding hydrogens is 1630 g/mol. The number of hydrogen-bond acceptors (Lipinski definition) is 14. The molecule has 14 heteroatoms. The van der Waals surface area contributed by atoms with E-state index in [4.69, 9.17) is 62.5 Å². The van der Waals surface area contributed by atoms with Crippen LogP contribution in [0.1, 0.15) is 74.9 Å². The molecule has 0 bridgehead atoms. The second-order valence-electron chi connectivity index (χ2n) is 36.0. The number of furan rings is 4. The first-order valence-corrected chi connectivity index (χ1v) is 44.9. The number of benzene rings is 16. The standard InChI is InChI=1S/C42H27N3O2.C42H29N3O.C35H24N4O/c1-42(2)33-22-32-27-14-7-9-18-35(27)47-37(32)23-30(33)28-15-10-16-29(38(28)42)41-44-39(24-11-4-3-5-12-24)43-40(45-41)25-19-20-36-31(21-25)26-13-6-8-17-34(26)46-36;1-42(2)35-24-34-31-16-9-10-19-36(31)46-37(34)25-33(35)32-18-11-17-30(38(32)42)26-20-22-29(23-21-26)41-44-39(27-12-5-3-6-13-27)43-40(45-41)28-14-7-4-8-15-28;1-35(2)27-19-26-22-13-6-7-17-29(22)40-30(26)20-25(27)23-14-10-15-24(31(23)35)33-37-32(21-11-4-3-5-12-21)38-34(39-33)28-16-8-9-18-36-28/h3-23H,1-2H3;3-25H,1-2H3;3-20H,1-2H3. The van der Waals surface area contributed by atoms with Crippen LogP contribution in [0, 0.1) is 0 Å². The first kappa shape index (κ1) is 78.2. The third-order valence-electron chi connectivity index (χ3n) is 27.0. The summed E-state index contributed by atoms with van der Waals surface area (Å²) in [5.74, 6) is 5.70. The molecule has 0 fully saturated rings. The van der Waals surface area contributed by atoms with E-state index in [-0.39, 0.29) is 16.2 Å². The van der Waals surface area contributed by atoms with Gasteiger partial charge in [-0.3, -0.25) is 4.98 Å². The van der Waals surface area contributed by atoms with Gasteiger partial charge in [-0.15, -0.1) is 0 Å². The molecule has 630 valence electrons. The molecule has 0 spiro atoms. The van der Waals surface area contributed by atoms with Gasteiger partial charge < -0.3 is 17.7 Å². The molecule has 0 amide bonds. The Morgan fingerprint density at radius 3 is 0.820 bits per heavy atom. The van der Waals surface area contributed by atoms with E-state index in [2.05, 4.69) is 210 Å². The van der Waals surface area contributed by atoms with E-state index in [1.165, 1.54) is 77.7 Å². The summed E-state index contributed by atoms with van der Waals surface area (Å²) in [4.78, 5) is 49.4. The van der Waals surface area contributed by atoms with Crippen LogP contribution in [0.4, 0.5) is 0 Å². The molecular formula is C119H80N10O4. The van der Waals surface area contributed by atoms with Crippen molar-refractivity contribution in [2.24, 2.45) is 0 Å². The molecule has 14 nitrogen and oxygen atoms in total. The summed E-state index contributed by atoms with van der Waals surface area (Å²) in [5.41, 5.74) is 32.1. The predicted octanol–water partition coefficient (Wildman–Crippen LogP) is 30.2. The number of rotatable bonds is 10. The minimum absolute atomic E-state index is 0.185. The molecule has 8 heterocycles. The Hall–Kier alpha value is -17.1. The Labute approximate surface area is 764 Å². The van der Waals surface area contributed by atoms with E-state index in [1.807, 2.05) is 206 Å². The highest BCUT2D eigenvalue weighted by molar-refractivity contribution is 6.12. The summed E-state index contributed by atoms with van der Waals surface area (Å²) in [6.45, 7) is 13.8. The van der Waals surface area contributed by atoms with Crippen molar-refractivity contribution in [2.45, 2.75) is 57.8 Å². The Bertz CT molecular complexity index is 8730. The van der Waals surface area contributed by atoms with Crippen molar-refractivity contribution in [3.8, 4) is 147 Å². The maximum absolute atomic E-state index is 6.32. The van der Waals surface area contributed by atoms with Crippen molar-refractivity contribution < 1.29 is 17.7 Å². The van der Waals surface area contributed by atoms with Crippen molar-refractivity contribution >= 4 is 87.8 Å². The smallest absolute Gasteiger partial charge is 0.182 e. The minimum atomic E-state index is -0.303. The molecule has 133 heavy (non-hydrogen) atoms. The largest absolute Gasteiger partial charge is 0.456 e. The van der Waals surface area contributed by atoms with Crippen LogP contribution in [0.25, 0.3) is 235 Å². The van der Waals surface area contributed by atoms with Gasteiger partial charge in [-0.05, 0) is 169 Å². The van der Waals surface area contributed by atoms with Gasteiger partial charge in [0.15, 0.2) is 52.4 Å². The molecule has 0 N–H and O–H groups in total. The summed E-state index contributed by atoms with van der Waals surface area (Å²) < 4.78 is 25.0. The molecule has 16 aromatic carbocycles. The predicted molar refractivity (Wildman–Crippen MR) is 533 cm³/mol. The highest BCUT2D eigenvalue weighted by atomic mass is 16.3. The summed E-state index contributed by atoms with van der Waals surface area (Å²) in [6.07, 6.45) is 1.76. The van der Waals surface area contributed by atoms with Crippen LogP contribution in [0.3, 0.4) is 0 Å². The number of fused-ring (bicyclic) bond motifs is 21. The Morgan fingerprint density at radius 2 is 0.444 bits per heavy atom. The molecule has 0 atom stereocenters. The molecule has 0 saturated heterocycles. The van der Waals surface area contributed by atoms with E-state index in [1.54, 1.807) is 6.20 Å². The molecule has 0 saturated carbocycles. The molecule has 27 rings (SSSR count). The number of pyridine rings is 1. The van der Waals surface area contributed by atoms with Crippen LogP contribution in [-0.4, -0.2) is 49.8 Å². The minimum Gasteiger partial charge on any atom is -0.456 e. The Balaban J connectivity index is 0.000000107. The van der Waals surface area contributed by atoms with Crippen LogP contribution in [-0.2, 0) is 16.2 Å². The highest BCUT2D eigenvalue weighted by Crippen LogP contribution is 2.58. The molecule has 0 radical (unpaired) electrons. The van der Waals surface area contributed by atoms with Crippen molar-refractivity contribution in [1.82, 2.24) is 49.8 Å². The fourth-order valence-corrected chi connectivity index (χ4v) is 20.7. The lowest BCUT2D eigenvalue weighted by molar-refractivity contribution is 0.658. The number of hydrogen-bond donors (Lipinski definition) is 0. The van der Waals surface area contributed by atoms with Gasteiger partial charge in [0.25, 0.3) is 0 Å². The van der Waals surface area contributed by atoms with E-state index in [0.29, 0.717) is 58.1 Å². The number of nitrogens with zero attached hydrogens (tertiary/aromatic N) is 10. The van der Waals surface area contributed by atoms with Crippen LogP contribution in [0.5, 0.6) is 0 Å². The van der Waals surface area contributed by atoms with Crippen LogP contribution in [0.15, 0.2) is 394 Å². The molecule has 3 aliphatic carbocycles. The topological polar surface area (TPSA) is 181 Å². The summed E-state index contributed by atoms with van der Waals surface area (Å²) in [7, 11) is 0. The summed E-state index contributed by atoms with van der Waals surface area (Å²) in [6, 6.07) is 127. The van der Waals surface area contributed by atoms with Gasteiger partial charge in [-0.25, -0.2) is 44.9 Å². The normalized spacial score (nSPS) is 13.4. The quantitative estimate of drug-likeness (QED) is 0.126. The van der Waals surface area contributed by atoms with Gasteiger partial charge in [0, 0.05) is 110 Å². The van der Waals surface area contributed by atoms with E-state index < -0.39 is 0 Å². The Morgan fingerprint density at radius 1 is 0.173 bits per heavy atom. The van der Waals surface area contributed by atoms with Crippen molar-refractivity contribution in [3.63, 3.8) is 0 Å². The monoisotopic (exact) mass is 1710 g/mol. The second-order valence-corrected chi connectivity index (χ2v) is 36.0. The lowest BCUT2D eigenvalue weighted by atomic mass is 9.78. The molecule has 8 aromatic heterocycles. The molecule has 0 aliphatic heterocycles. The molecule has 0 unspecified atom stereocenters. The van der Waals surface area contributed by atoms with Gasteiger partial charge in [0.1, 0.15) is 50.4 Å². The lowest BCUT2D eigenvalue weighted by Gasteiger charge is -2.24. The molecule has 24 aromatic rings. The van der Waals surface area contributed by atoms with Gasteiger partial charge in [-0.2, -0.15) is 0 Å². The summed E-state index contributed by atoms with van der Waals surface area (Å²) in [5, 5.41) is 8.98. The van der Waals surface area contributed by atoms with Crippen LogP contribution >= 0.6 is 0 Å².